The predicted octanol–water partition coefficient (Wildman–Crippen LogP) is -1.77. The Morgan fingerprint density at radius 2 is 2.17 bits per heavy atom. The predicted molar refractivity (Wildman–Crippen MR) is 45.4 cm³/mol. The van der Waals surface area contributed by atoms with Gasteiger partial charge in [0, 0.05) is 0 Å². The molecule has 0 heterocycles. The van der Waals surface area contributed by atoms with Crippen molar-refractivity contribution in [3.8, 4) is 0 Å². The molecule has 6 heteroatoms. The number of aliphatic imine (C=N–C) groups is 1. The number of hydrogen-bond donors (Lipinski definition) is 4. The third kappa shape index (κ3) is 5.24. The molecule has 0 saturated heterocycles. The van der Waals surface area contributed by atoms with Gasteiger partial charge in [0.25, 0.3) is 0 Å². The van der Waals surface area contributed by atoms with Gasteiger partial charge in [-0.3, -0.25) is 4.79 Å². The Kier molecular flexibility index (Phi) is 4.47. The van der Waals surface area contributed by atoms with Crippen molar-refractivity contribution in [2.75, 3.05) is 6.54 Å². The molecule has 0 aliphatic heterocycles. The largest absolute Gasteiger partial charge is 0.480 e. The van der Waals surface area contributed by atoms with Gasteiger partial charge in [-0.15, -0.1) is 0 Å². The highest BCUT2D eigenvalue weighted by Gasteiger charge is 2.04. The van der Waals surface area contributed by atoms with Crippen molar-refractivity contribution in [2.24, 2.45) is 22.2 Å². The molecule has 7 N–H and O–H groups in total. The minimum atomic E-state index is -1.09. The summed E-state index contributed by atoms with van der Waals surface area (Å²) in [5.41, 5.74) is 15.2. The molecule has 0 bridgehead atoms. The summed E-state index contributed by atoms with van der Waals surface area (Å²) >= 11 is 0. The van der Waals surface area contributed by atoms with Crippen LogP contribution < -0.4 is 17.2 Å². The number of hydrogen-bond acceptors (Lipinski definition) is 3. The zero-order chi connectivity index (χ0) is 9.56. The first-order valence-corrected chi connectivity index (χ1v) is 3.24. The lowest BCUT2D eigenvalue weighted by Crippen LogP contribution is -2.27. The van der Waals surface area contributed by atoms with Gasteiger partial charge in [-0.2, -0.15) is 0 Å². The normalized spacial score (nSPS) is 12.8. The third-order valence-corrected chi connectivity index (χ3v) is 1.01. The molecule has 6 nitrogen and oxygen atoms in total. The molecule has 0 aliphatic rings. The van der Waals surface area contributed by atoms with E-state index in [1.807, 2.05) is 0 Å². The topological polar surface area (TPSA) is 128 Å². The maximum absolute atomic E-state index is 10.2. The molecule has 0 aromatic rings. The summed E-state index contributed by atoms with van der Waals surface area (Å²) in [7, 11) is 0. The van der Waals surface area contributed by atoms with E-state index in [4.69, 9.17) is 22.3 Å². The average Bonchev–Trinajstić information content (AvgIpc) is 1.97. The monoisotopic (exact) mass is 172 g/mol. The zero-order valence-corrected chi connectivity index (χ0v) is 6.47. The van der Waals surface area contributed by atoms with Crippen molar-refractivity contribution >= 4 is 11.9 Å². The molecule has 0 aromatic heterocycles. The van der Waals surface area contributed by atoms with Crippen LogP contribution >= 0.6 is 0 Å². The Balaban J connectivity index is 3.77. The van der Waals surface area contributed by atoms with Gasteiger partial charge >= 0.3 is 5.97 Å². The molecule has 0 fully saturated rings. The molecule has 12 heavy (non-hydrogen) atoms. The number of nitrogens with zero attached hydrogens (tertiary/aromatic N) is 1. The number of aliphatic carboxylic acids is 1. The van der Waals surface area contributed by atoms with Crippen LogP contribution in [-0.2, 0) is 4.79 Å². The van der Waals surface area contributed by atoms with Crippen LogP contribution in [0.1, 0.15) is 0 Å². The lowest BCUT2D eigenvalue weighted by molar-refractivity contribution is -0.137. The Morgan fingerprint density at radius 3 is 2.58 bits per heavy atom. The molecule has 1 unspecified atom stereocenters. The van der Waals surface area contributed by atoms with Gasteiger partial charge in [-0.1, -0.05) is 12.2 Å². The maximum atomic E-state index is 10.2. The number of guanidine groups is 1. The fourth-order valence-electron chi connectivity index (χ4n) is 0.448. The molecule has 0 saturated carbocycles. The Bertz CT molecular complexity index is 208. The van der Waals surface area contributed by atoms with Gasteiger partial charge in [0.15, 0.2) is 5.96 Å². The second-order valence-electron chi connectivity index (χ2n) is 2.06. The summed E-state index contributed by atoms with van der Waals surface area (Å²) in [6, 6.07) is -1.00. The molecule has 68 valence electrons. The van der Waals surface area contributed by atoms with Gasteiger partial charge < -0.3 is 22.3 Å². The highest BCUT2D eigenvalue weighted by Crippen LogP contribution is 1.82. The van der Waals surface area contributed by atoms with Crippen LogP contribution in [0.3, 0.4) is 0 Å². The Hall–Kier alpha value is -1.56. The standard InChI is InChI=1S/C6H12N4O2/c7-4(5(11)12)2-1-3-10-6(8)9/h1-2,4H,3,7H2,(H,11,12)(H4,8,9,10). The van der Waals surface area contributed by atoms with E-state index in [2.05, 4.69) is 4.99 Å². The van der Waals surface area contributed by atoms with Gasteiger partial charge in [0.05, 0.1) is 6.54 Å². The molecular formula is C6H12N4O2. The summed E-state index contributed by atoms with van der Waals surface area (Å²) in [6.07, 6.45) is 2.80. The number of rotatable bonds is 4. The lowest BCUT2D eigenvalue weighted by atomic mass is 10.3. The molecule has 0 rings (SSSR count). The van der Waals surface area contributed by atoms with Crippen LogP contribution in [0.25, 0.3) is 0 Å². The highest BCUT2D eigenvalue weighted by atomic mass is 16.4. The van der Waals surface area contributed by atoms with Gasteiger partial charge in [0.1, 0.15) is 6.04 Å². The first-order valence-electron chi connectivity index (χ1n) is 3.24. The average molecular weight is 172 g/mol. The van der Waals surface area contributed by atoms with Crippen LogP contribution in [0, 0.1) is 0 Å². The summed E-state index contributed by atoms with van der Waals surface area (Å²) < 4.78 is 0. The minimum absolute atomic E-state index is 0.0384. The molecular weight excluding hydrogens is 160 g/mol. The fourth-order valence-corrected chi connectivity index (χ4v) is 0.448. The van der Waals surface area contributed by atoms with Crippen molar-refractivity contribution < 1.29 is 9.90 Å². The third-order valence-electron chi connectivity index (χ3n) is 1.01. The van der Waals surface area contributed by atoms with Gasteiger partial charge in [-0.25, -0.2) is 4.99 Å². The quantitative estimate of drug-likeness (QED) is 0.226. The first kappa shape index (κ1) is 10.4. The second-order valence-corrected chi connectivity index (χ2v) is 2.06. The van der Waals surface area contributed by atoms with Crippen LogP contribution in [0.4, 0.5) is 0 Å². The zero-order valence-electron chi connectivity index (χ0n) is 6.47. The molecule has 0 aromatic carbocycles. The first-order chi connectivity index (χ1) is 5.54. The van der Waals surface area contributed by atoms with E-state index in [0.29, 0.717) is 0 Å². The van der Waals surface area contributed by atoms with Crippen LogP contribution in [0.5, 0.6) is 0 Å². The smallest absolute Gasteiger partial charge is 0.324 e. The van der Waals surface area contributed by atoms with E-state index in [1.54, 1.807) is 0 Å². The van der Waals surface area contributed by atoms with E-state index in [-0.39, 0.29) is 12.5 Å². The lowest BCUT2D eigenvalue weighted by Gasteiger charge is -1.96. The Labute approximate surface area is 69.7 Å². The highest BCUT2D eigenvalue weighted by molar-refractivity contribution is 5.76. The minimum Gasteiger partial charge on any atom is -0.480 e. The van der Waals surface area contributed by atoms with Gasteiger partial charge in [-0.05, 0) is 0 Å². The van der Waals surface area contributed by atoms with Crippen molar-refractivity contribution in [3.63, 3.8) is 0 Å². The van der Waals surface area contributed by atoms with E-state index >= 15 is 0 Å². The summed E-state index contributed by atoms with van der Waals surface area (Å²) in [5, 5.41) is 8.33. The Morgan fingerprint density at radius 1 is 1.58 bits per heavy atom. The summed E-state index contributed by atoms with van der Waals surface area (Å²) in [5.74, 6) is -1.13. The molecule has 0 radical (unpaired) electrons. The van der Waals surface area contributed by atoms with Crippen LogP contribution in [-0.4, -0.2) is 29.6 Å². The number of carboxylic acid groups (broad SMARTS) is 1. The number of carboxylic acids is 1. The molecule has 0 aliphatic carbocycles. The number of nitrogens with two attached hydrogens (primary N) is 3. The van der Waals surface area contributed by atoms with E-state index in [0.717, 1.165) is 0 Å². The van der Waals surface area contributed by atoms with Crippen LogP contribution in [0.15, 0.2) is 17.1 Å². The summed E-state index contributed by atoms with van der Waals surface area (Å²) in [4.78, 5) is 13.8. The summed E-state index contributed by atoms with van der Waals surface area (Å²) in [6.45, 7) is 0.239. The maximum Gasteiger partial charge on any atom is 0.324 e. The SMILES string of the molecule is NC(N)=NCC=CC(N)C(=O)O. The van der Waals surface area contributed by atoms with E-state index < -0.39 is 12.0 Å². The van der Waals surface area contributed by atoms with Gasteiger partial charge in [0.2, 0.25) is 0 Å². The van der Waals surface area contributed by atoms with E-state index in [9.17, 15) is 4.79 Å². The molecule has 1 atom stereocenters. The van der Waals surface area contributed by atoms with Crippen molar-refractivity contribution in [1.29, 1.82) is 0 Å². The molecule has 0 amide bonds. The number of carbonyl (C=O) groups is 1. The second kappa shape index (κ2) is 5.14. The van der Waals surface area contributed by atoms with E-state index in [1.165, 1.54) is 12.2 Å². The van der Waals surface area contributed by atoms with Crippen molar-refractivity contribution in [1.82, 2.24) is 0 Å². The molecule has 0 spiro atoms. The fraction of sp³-hybridized carbons (Fsp3) is 0.333. The van der Waals surface area contributed by atoms with Crippen molar-refractivity contribution in [2.45, 2.75) is 6.04 Å². The van der Waals surface area contributed by atoms with Crippen molar-refractivity contribution in [3.05, 3.63) is 12.2 Å². The van der Waals surface area contributed by atoms with Crippen LogP contribution in [0.2, 0.25) is 0 Å².